The lowest BCUT2D eigenvalue weighted by atomic mass is 10.1. The van der Waals surface area contributed by atoms with Crippen molar-refractivity contribution in [2.75, 3.05) is 20.8 Å². The molecule has 1 aromatic heterocycles. The van der Waals surface area contributed by atoms with Gasteiger partial charge in [-0.25, -0.2) is 4.98 Å². The predicted octanol–water partition coefficient (Wildman–Crippen LogP) is 4.59. The molecule has 4 rings (SSSR count). The third-order valence-electron chi connectivity index (χ3n) is 5.91. The largest absolute Gasteiger partial charge is 0.493 e. The summed E-state index contributed by atoms with van der Waals surface area (Å²) in [6.45, 7) is 1.43. The number of hydrogen-bond acceptors (Lipinski definition) is 4. The minimum atomic E-state index is -0.0287. The second kappa shape index (κ2) is 11.4. The number of carbonyl (C=O) groups excluding carboxylic acids is 1. The molecule has 34 heavy (non-hydrogen) atoms. The summed E-state index contributed by atoms with van der Waals surface area (Å²) in [5.41, 5.74) is 4.36. The Morgan fingerprint density at radius 3 is 2.44 bits per heavy atom. The third-order valence-corrected chi connectivity index (χ3v) is 5.91. The number of rotatable bonds is 11. The molecule has 1 amide bonds. The fourth-order valence-corrected chi connectivity index (χ4v) is 4.20. The van der Waals surface area contributed by atoms with Gasteiger partial charge >= 0.3 is 0 Å². The number of aryl methyl sites for hydroxylation is 2. The van der Waals surface area contributed by atoms with Crippen molar-refractivity contribution in [3.63, 3.8) is 0 Å². The van der Waals surface area contributed by atoms with Crippen LogP contribution in [0.3, 0.4) is 0 Å². The van der Waals surface area contributed by atoms with Crippen LogP contribution in [0, 0.1) is 0 Å². The molecule has 0 bridgehead atoms. The second-order valence-corrected chi connectivity index (χ2v) is 8.22. The number of para-hydroxylation sites is 2. The molecule has 0 fully saturated rings. The maximum absolute atomic E-state index is 12.5. The SMILES string of the molecule is COc1ccc(CC(=O)NCCc2nc3ccccc3n2CCCc2ccccc2)cc1OC. The highest BCUT2D eigenvalue weighted by Crippen LogP contribution is 2.27. The molecule has 6 nitrogen and oxygen atoms in total. The molecule has 0 unspecified atom stereocenters. The summed E-state index contributed by atoms with van der Waals surface area (Å²) < 4.78 is 12.9. The van der Waals surface area contributed by atoms with Gasteiger partial charge in [0.2, 0.25) is 5.91 Å². The Morgan fingerprint density at radius 1 is 0.882 bits per heavy atom. The zero-order valence-electron chi connectivity index (χ0n) is 19.8. The number of carbonyl (C=O) groups is 1. The average Bonchev–Trinajstić information content (AvgIpc) is 3.22. The average molecular weight is 458 g/mol. The van der Waals surface area contributed by atoms with E-state index in [1.807, 2.05) is 42.5 Å². The van der Waals surface area contributed by atoms with Gasteiger partial charge in [0.05, 0.1) is 31.7 Å². The number of amides is 1. The Bertz CT molecular complexity index is 1230. The lowest BCUT2D eigenvalue weighted by Gasteiger charge is -2.11. The molecule has 1 N–H and O–H groups in total. The van der Waals surface area contributed by atoms with Gasteiger partial charge in [0, 0.05) is 19.5 Å². The van der Waals surface area contributed by atoms with Gasteiger partial charge in [-0.3, -0.25) is 4.79 Å². The van der Waals surface area contributed by atoms with Crippen molar-refractivity contribution in [1.29, 1.82) is 0 Å². The molecular formula is C28H31N3O3. The van der Waals surface area contributed by atoms with Gasteiger partial charge < -0.3 is 19.4 Å². The minimum Gasteiger partial charge on any atom is -0.493 e. The number of hydrogen-bond donors (Lipinski definition) is 1. The molecule has 0 radical (unpaired) electrons. The van der Waals surface area contributed by atoms with Crippen molar-refractivity contribution in [3.05, 3.63) is 89.7 Å². The number of ether oxygens (including phenoxy) is 2. The Morgan fingerprint density at radius 2 is 1.65 bits per heavy atom. The van der Waals surface area contributed by atoms with E-state index >= 15 is 0 Å². The fraction of sp³-hybridized carbons (Fsp3) is 0.286. The number of benzene rings is 3. The van der Waals surface area contributed by atoms with Gasteiger partial charge in [-0.05, 0) is 48.2 Å². The van der Waals surface area contributed by atoms with Crippen LogP contribution in [-0.2, 0) is 30.6 Å². The van der Waals surface area contributed by atoms with E-state index in [0.29, 0.717) is 24.5 Å². The van der Waals surface area contributed by atoms with E-state index in [0.717, 1.165) is 41.8 Å². The summed E-state index contributed by atoms with van der Waals surface area (Å²) in [4.78, 5) is 17.4. The Balaban J connectivity index is 1.36. The lowest BCUT2D eigenvalue weighted by molar-refractivity contribution is -0.120. The molecule has 0 saturated carbocycles. The monoisotopic (exact) mass is 457 g/mol. The smallest absolute Gasteiger partial charge is 0.224 e. The molecule has 176 valence electrons. The zero-order chi connectivity index (χ0) is 23.8. The van der Waals surface area contributed by atoms with Crippen LogP contribution in [-0.4, -0.2) is 36.2 Å². The van der Waals surface area contributed by atoms with E-state index in [2.05, 4.69) is 40.2 Å². The van der Waals surface area contributed by atoms with E-state index in [4.69, 9.17) is 14.5 Å². The van der Waals surface area contributed by atoms with Crippen molar-refractivity contribution in [2.45, 2.75) is 32.2 Å². The summed E-state index contributed by atoms with van der Waals surface area (Å²) in [6, 6.07) is 24.3. The fourth-order valence-electron chi connectivity index (χ4n) is 4.20. The quantitative estimate of drug-likeness (QED) is 0.358. The van der Waals surface area contributed by atoms with Crippen molar-refractivity contribution in [3.8, 4) is 11.5 Å². The van der Waals surface area contributed by atoms with Crippen LogP contribution in [0.25, 0.3) is 11.0 Å². The highest BCUT2D eigenvalue weighted by atomic mass is 16.5. The third kappa shape index (κ3) is 5.76. The molecule has 4 aromatic rings. The van der Waals surface area contributed by atoms with Crippen molar-refractivity contribution in [2.24, 2.45) is 0 Å². The maximum Gasteiger partial charge on any atom is 0.224 e. The van der Waals surface area contributed by atoms with Gasteiger partial charge in [0.15, 0.2) is 11.5 Å². The number of imidazole rings is 1. The van der Waals surface area contributed by atoms with Gasteiger partial charge in [-0.2, -0.15) is 0 Å². The van der Waals surface area contributed by atoms with E-state index in [-0.39, 0.29) is 12.3 Å². The molecule has 1 heterocycles. The molecule has 0 atom stereocenters. The van der Waals surface area contributed by atoms with Gasteiger partial charge in [-0.15, -0.1) is 0 Å². The number of nitrogens with zero attached hydrogens (tertiary/aromatic N) is 2. The van der Waals surface area contributed by atoms with Crippen molar-refractivity contribution in [1.82, 2.24) is 14.9 Å². The predicted molar refractivity (Wildman–Crippen MR) is 134 cm³/mol. The molecule has 3 aromatic carbocycles. The topological polar surface area (TPSA) is 65.4 Å². The Kier molecular flexibility index (Phi) is 7.81. The minimum absolute atomic E-state index is 0.0287. The Labute approximate surface area is 200 Å². The van der Waals surface area contributed by atoms with Crippen LogP contribution in [0.15, 0.2) is 72.8 Å². The highest BCUT2D eigenvalue weighted by molar-refractivity contribution is 5.79. The van der Waals surface area contributed by atoms with E-state index in [1.54, 1.807) is 14.2 Å². The van der Waals surface area contributed by atoms with Crippen LogP contribution in [0.5, 0.6) is 11.5 Å². The second-order valence-electron chi connectivity index (χ2n) is 8.22. The summed E-state index contributed by atoms with van der Waals surface area (Å²) >= 11 is 0. The van der Waals surface area contributed by atoms with E-state index < -0.39 is 0 Å². The van der Waals surface area contributed by atoms with Gasteiger partial charge in [0.25, 0.3) is 0 Å². The van der Waals surface area contributed by atoms with Crippen LogP contribution >= 0.6 is 0 Å². The molecule has 0 saturated heterocycles. The number of methoxy groups -OCH3 is 2. The van der Waals surface area contributed by atoms with Gasteiger partial charge in [-0.1, -0.05) is 48.5 Å². The molecule has 0 aliphatic carbocycles. The first-order valence-corrected chi connectivity index (χ1v) is 11.6. The maximum atomic E-state index is 12.5. The first-order valence-electron chi connectivity index (χ1n) is 11.6. The van der Waals surface area contributed by atoms with E-state index in [1.165, 1.54) is 5.56 Å². The highest BCUT2D eigenvalue weighted by Gasteiger charge is 2.12. The van der Waals surface area contributed by atoms with Crippen molar-refractivity contribution >= 4 is 16.9 Å². The number of nitrogens with one attached hydrogen (secondary N) is 1. The molecule has 0 aliphatic heterocycles. The molecule has 6 heteroatoms. The zero-order valence-corrected chi connectivity index (χ0v) is 19.8. The summed E-state index contributed by atoms with van der Waals surface area (Å²) in [5.74, 6) is 2.24. The molecule has 0 aliphatic rings. The normalized spacial score (nSPS) is 10.9. The number of aromatic nitrogens is 2. The summed E-state index contributed by atoms with van der Waals surface area (Å²) in [7, 11) is 3.19. The number of fused-ring (bicyclic) bond motifs is 1. The van der Waals surface area contributed by atoms with Gasteiger partial charge in [0.1, 0.15) is 5.82 Å². The first-order chi connectivity index (χ1) is 16.7. The first kappa shape index (κ1) is 23.4. The standard InChI is InChI=1S/C28H31N3O3/c1-33-25-15-14-22(19-26(25)34-2)20-28(32)29-17-16-27-30-23-12-6-7-13-24(23)31(27)18-8-11-21-9-4-3-5-10-21/h3-7,9-10,12-15,19H,8,11,16-18,20H2,1-2H3,(H,29,32). The van der Waals surface area contributed by atoms with Crippen LogP contribution < -0.4 is 14.8 Å². The summed E-state index contributed by atoms with van der Waals surface area (Å²) in [6.07, 6.45) is 3.02. The van der Waals surface area contributed by atoms with Crippen LogP contribution in [0.4, 0.5) is 0 Å². The molecular weight excluding hydrogens is 426 g/mol. The van der Waals surface area contributed by atoms with E-state index in [9.17, 15) is 4.79 Å². The lowest BCUT2D eigenvalue weighted by Crippen LogP contribution is -2.28. The van der Waals surface area contributed by atoms with Crippen molar-refractivity contribution < 1.29 is 14.3 Å². The van der Waals surface area contributed by atoms with Crippen LogP contribution in [0.1, 0.15) is 23.4 Å². The van der Waals surface area contributed by atoms with Crippen LogP contribution in [0.2, 0.25) is 0 Å². The summed E-state index contributed by atoms with van der Waals surface area (Å²) in [5, 5.41) is 3.03. The Hall–Kier alpha value is -3.80. The molecule has 0 spiro atoms.